The number of fused-ring (bicyclic) bond motifs is 1. The number of pyridine rings is 1. The quantitative estimate of drug-likeness (QED) is 0.774. The van der Waals surface area contributed by atoms with Crippen LogP contribution in [0.5, 0.6) is 0 Å². The minimum atomic E-state index is -0.680. The molecule has 21 heavy (non-hydrogen) atoms. The molecule has 0 saturated heterocycles. The van der Waals surface area contributed by atoms with Gasteiger partial charge < -0.3 is 10.2 Å². The number of nitrogens with zero attached hydrogens (tertiary/aromatic N) is 1. The van der Waals surface area contributed by atoms with Gasteiger partial charge in [0.05, 0.1) is 6.61 Å². The zero-order valence-corrected chi connectivity index (χ0v) is 11.8. The molecule has 0 saturated carbocycles. The number of aliphatic hydroxyl groups excluding tert-OH is 2. The highest BCUT2D eigenvalue weighted by molar-refractivity contribution is 5.84. The zero-order valence-electron chi connectivity index (χ0n) is 11.8. The first-order valence-electron chi connectivity index (χ1n) is 6.91. The number of hydrogen-bond donors (Lipinski definition) is 2. The summed E-state index contributed by atoms with van der Waals surface area (Å²) in [5.74, 6) is 0. The van der Waals surface area contributed by atoms with E-state index in [4.69, 9.17) is 0 Å². The fourth-order valence-corrected chi connectivity index (χ4v) is 2.52. The molecule has 1 heterocycles. The summed E-state index contributed by atoms with van der Waals surface area (Å²) >= 11 is 0. The second-order valence-electron chi connectivity index (χ2n) is 5.23. The molecular formula is C18H17NO2. The van der Waals surface area contributed by atoms with Gasteiger partial charge in [0.25, 0.3) is 0 Å². The third-order valence-electron chi connectivity index (χ3n) is 3.80. The van der Waals surface area contributed by atoms with Crippen molar-refractivity contribution in [2.45, 2.75) is 19.6 Å². The Morgan fingerprint density at radius 3 is 2.57 bits per heavy atom. The average Bonchev–Trinajstić information content (AvgIpc) is 2.53. The van der Waals surface area contributed by atoms with Crippen LogP contribution in [0.15, 0.2) is 54.9 Å². The van der Waals surface area contributed by atoms with Gasteiger partial charge in [-0.25, -0.2) is 0 Å². The molecule has 0 aliphatic carbocycles. The Balaban J connectivity index is 2.03. The number of benzene rings is 2. The van der Waals surface area contributed by atoms with Crippen LogP contribution in [-0.4, -0.2) is 15.2 Å². The lowest BCUT2D eigenvalue weighted by atomic mass is 9.96. The van der Waals surface area contributed by atoms with Crippen LogP contribution in [0.25, 0.3) is 10.8 Å². The van der Waals surface area contributed by atoms with E-state index in [9.17, 15) is 10.2 Å². The number of aliphatic hydroxyl groups is 2. The Bertz CT molecular complexity index is 783. The number of rotatable bonds is 3. The van der Waals surface area contributed by atoms with Gasteiger partial charge in [0, 0.05) is 18.0 Å². The first-order chi connectivity index (χ1) is 10.2. The molecule has 3 rings (SSSR count). The van der Waals surface area contributed by atoms with Crippen LogP contribution in [0, 0.1) is 6.92 Å². The molecular weight excluding hydrogens is 262 g/mol. The van der Waals surface area contributed by atoms with Crippen LogP contribution in [0.1, 0.15) is 28.4 Å². The molecule has 1 atom stereocenters. The summed E-state index contributed by atoms with van der Waals surface area (Å²) in [4.78, 5) is 4.09. The summed E-state index contributed by atoms with van der Waals surface area (Å²) in [7, 11) is 0. The predicted octanol–water partition coefficient (Wildman–Crippen LogP) is 3.12. The van der Waals surface area contributed by atoms with Gasteiger partial charge >= 0.3 is 0 Å². The maximum Gasteiger partial charge on any atom is 0.106 e. The van der Waals surface area contributed by atoms with E-state index in [0.717, 1.165) is 33.0 Å². The van der Waals surface area contributed by atoms with Gasteiger partial charge in [0.2, 0.25) is 0 Å². The largest absolute Gasteiger partial charge is 0.392 e. The van der Waals surface area contributed by atoms with E-state index in [1.54, 1.807) is 12.4 Å². The summed E-state index contributed by atoms with van der Waals surface area (Å²) in [5, 5.41) is 21.8. The first-order valence-corrected chi connectivity index (χ1v) is 6.91. The fourth-order valence-electron chi connectivity index (χ4n) is 2.52. The lowest BCUT2D eigenvalue weighted by molar-refractivity contribution is 0.219. The highest BCUT2D eigenvalue weighted by atomic mass is 16.3. The van der Waals surface area contributed by atoms with Crippen molar-refractivity contribution < 1.29 is 10.2 Å². The second kappa shape index (κ2) is 5.64. The van der Waals surface area contributed by atoms with Crippen molar-refractivity contribution in [2.75, 3.05) is 0 Å². The SMILES string of the molecule is Cc1ccncc1C(O)c1ccc2cc(CO)ccc2c1. The minimum absolute atomic E-state index is 0.0369. The van der Waals surface area contributed by atoms with Gasteiger partial charge in [-0.3, -0.25) is 4.98 Å². The van der Waals surface area contributed by atoms with Crippen LogP contribution in [0.4, 0.5) is 0 Å². The van der Waals surface area contributed by atoms with Crippen LogP contribution in [0.2, 0.25) is 0 Å². The van der Waals surface area contributed by atoms with E-state index in [1.807, 2.05) is 49.4 Å². The van der Waals surface area contributed by atoms with Crippen LogP contribution < -0.4 is 0 Å². The minimum Gasteiger partial charge on any atom is -0.392 e. The van der Waals surface area contributed by atoms with Crippen molar-refractivity contribution in [3.8, 4) is 0 Å². The molecule has 1 aromatic heterocycles. The number of hydrogen-bond acceptors (Lipinski definition) is 3. The average molecular weight is 279 g/mol. The van der Waals surface area contributed by atoms with E-state index < -0.39 is 6.10 Å². The number of aromatic nitrogens is 1. The molecule has 0 radical (unpaired) electrons. The van der Waals surface area contributed by atoms with E-state index in [1.165, 1.54) is 0 Å². The molecule has 2 N–H and O–H groups in total. The maximum absolute atomic E-state index is 10.6. The van der Waals surface area contributed by atoms with Gasteiger partial charge in [0.15, 0.2) is 0 Å². The van der Waals surface area contributed by atoms with Crippen molar-refractivity contribution >= 4 is 10.8 Å². The topological polar surface area (TPSA) is 53.4 Å². The molecule has 3 nitrogen and oxygen atoms in total. The normalized spacial score (nSPS) is 12.5. The van der Waals surface area contributed by atoms with Crippen molar-refractivity contribution in [3.05, 3.63) is 77.1 Å². The number of aryl methyl sites for hydroxylation is 1. The molecule has 106 valence electrons. The van der Waals surface area contributed by atoms with Crippen LogP contribution >= 0.6 is 0 Å². The third-order valence-corrected chi connectivity index (χ3v) is 3.80. The Kier molecular flexibility index (Phi) is 3.69. The van der Waals surface area contributed by atoms with Crippen molar-refractivity contribution in [3.63, 3.8) is 0 Å². The summed E-state index contributed by atoms with van der Waals surface area (Å²) < 4.78 is 0. The Morgan fingerprint density at radius 1 is 1.05 bits per heavy atom. The molecule has 0 aliphatic rings. The molecule has 0 amide bonds. The molecule has 0 bridgehead atoms. The van der Waals surface area contributed by atoms with Crippen LogP contribution in [-0.2, 0) is 6.61 Å². The molecule has 0 fully saturated rings. The van der Waals surface area contributed by atoms with E-state index in [0.29, 0.717) is 0 Å². The Labute approximate surface area is 123 Å². The molecule has 2 aromatic carbocycles. The summed E-state index contributed by atoms with van der Waals surface area (Å²) in [6, 6.07) is 13.6. The van der Waals surface area contributed by atoms with E-state index in [-0.39, 0.29) is 6.61 Å². The zero-order chi connectivity index (χ0) is 14.8. The van der Waals surface area contributed by atoms with Crippen molar-refractivity contribution in [1.29, 1.82) is 0 Å². The fraction of sp³-hybridized carbons (Fsp3) is 0.167. The predicted molar refractivity (Wildman–Crippen MR) is 82.9 cm³/mol. The smallest absolute Gasteiger partial charge is 0.106 e. The van der Waals surface area contributed by atoms with E-state index in [2.05, 4.69) is 4.98 Å². The standard InChI is InChI=1S/C18H17NO2/c1-12-6-7-19-10-17(12)18(21)16-5-4-14-8-13(11-20)2-3-15(14)9-16/h2-10,18,20-21H,11H2,1H3. The second-order valence-corrected chi connectivity index (χ2v) is 5.23. The van der Waals surface area contributed by atoms with Crippen LogP contribution in [0.3, 0.4) is 0 Å². The van der Waals surface area contributed by atoms with Gasteiger partial charge in [-0.1, -0.05) is 24.3 Å². The molecule has 1 unspecified atom stereocenters. The maximum atomic E-state index is 10.6. The van der Waals surface area contributed by atoms with E-state index >= 15 is 0 Å². The molecule has 0 spiro atoms. The Morgan fingerprint density at radius 2 is 1.81 bits per heavy atom. The summed E-state index contributed by atoms with van der Waals surface area (Å²) in [6.07, 6.45) is 2.75. The lowest BCUT2D eigenvalue weighted by Gasteiger charge is -2.14. The Hall–Kier alpha value is -2.23. The lowest BCUT2D eigenvalue weighted by Crippen LogP contribution is -2.02. The summed E-state index contributed by atoms with van der Waals surface area (Å²) in [5.41, 5.74) is 3.58. The van der Waals surface area contributed by atoms with Gasteiger partial charge in [-0.15, -0.1) is 0 Å². The molecule has 0 aliphatic heterocycles. The van der Waals surface area contributed by atoms with Crippen molar-refractivity contribution in [2.24, 2.45) is 0 Å². The highest BCUT2D eigenvalue weighted by Gasteiger charge is 2.13. The van der Waals surface area contributed by atoms with Gasteiger partial charge in [-0.05, 0) is 52.6 Å². The summed E-state index contributed by atoms with van der Waals surface area (Å²) in [6.45, 7) is 2.00. The molecule has 3 heteroatoms. The van der Waals surface area contributed by atoms with Gasteiger partial charge in [0.1, 0.15) is 6.10 Å². The monoisotopic (exact) mass is 279 g/mol. The molecule has 3 aromatic rings. The highest BCUT2D eigenvalue weighted by Crippen LogP contribution is 2.27. The van der Waals surface area contributed by atoms with Gasteiger partial charge in [-0.2, -0.15) is 0 Å². The first kappa shape index (κ1) is 13.7. The third kappa shape index (κ3) is 2.66. The van der Waals surface area contributed by atoms with Crippen molar-refractivity contribution in [1.82, 2.24) is 4.98 Å².